The number of ether oxygens (including phenoxy) is 1. The molecule has 9 heteroatoms. The zero-order chi connectivity index (χ0) is 17.9. The largest absolute Gasteiger partial charge is 0.462 e. The molecule has 2 amide bonds. The van der Waals surface area contributed by atoms with Crippen molar-refractivity contribution >= 4 is 55.3 Å². The van der Waals surface area contributed by atoms with E-state index in [1.54, 1.807) is 19.1 Å². The summed E-state index contributed by atoms with van der Waals surface area (Å²) in [5.74, 6) is -1.66. The molecular weight excluding hydrogens is 448 g/mol. The topological polar surface area (TPSA) is 95.9 Å². The van der Waals surface area contributed by atoms with Crippen LogP contribution in [0, 0.1) is 0 Å². The summed E-state index contributed by atoms with van der Waals surface area (Å²) in [6.45, 7) is 1.47. The van der Waals surface area contributed by atoms with Gasteiger partial charge in [0.2, 0.25) is 0 Å². The Morgan fingerprint density at radius 1 is 1.33 bits per heavy atom. The lowest BCUT2D eigenvalue weighted by atomic mass is 10.1. The first-order chi connectivity index (χ1) is 11.4. The van der Waals surface area contributed by atoms with Crippen LogP contribution in [0.15, 0.2) is 32.9 Å². The van der Waals surface area contributed by atoms with Crippen LogP contribution in [0.5, 0.6) is 0 Å². The van der Waals surface area contributed by atoms with Crippen molar-refractivity contribution in [2.45, 2.75) is 6.92 Å². The molecule has 0 fully saturated rings. The average Bonchev–Trinajstić information content (AvgIpc) is 2.78. The van der Waals surface area contributed by atoms with E-state index in [1.807, 2.05) is 0 Å². The van der Waals surface area contributed by atoms with Crippen LogP contribution in [0.3, 0.4) is 0 Å². The van der Waals surface area contributed by atoms with Crippen molar-refractivity contribution in [3.05, 3.63) is 38.4 Å². The fraction of sp³-hybridized carbons (Fsp3) is 0.267. The SMILES string of the molecule is CCOC(=O)c1cc(Br)cc(Br)c1NC1=CC(=O)N(CCO)C1=O. The minimum atomic E-state index is -0.571. The van der Waals surface area contributed by atoms with Gasteiger partial charge >= 0.3 is 5.97 Å². The molecule has 2 N–H and O–H groups in total. The number of carbonyl (C=O) groups excluding carboxylic acids is 3. The van der Waals surface area contributed by atoms with Gasteiger partial charge in [-0.3, -0.25) is 14.5 Å². The molecule has 128 valence electrons. The van der Waals surface area contributed by atoms with Gasteiger partial charge in [-0.1, -0.05) is 15.9 Å². The van der Waals surface area contributed by atoms with Gasteiger partial charge in [0.25, 0.3) is 11.8 Å². The maximum absolute atomic E-state index is 12.2. The molecule has 1 heterocycles. The number of hydrogen-bond acceptors (Lipinski definition) is 6. The number of hydrogen-bond donors (Lipinski definition) is 2. The molecular formula is C15H14Br2N2O5. The van der Waals surface area contributed by atoms with Crippen LogP contribution in [0.1, 0.15) is 17.3 Å². The number of imide groups is 1. The van der Waals surface area contributed by atoms with E-state index in [0.717, 1.165) is 11.0 Å². The lowest BCUT2D eigenvalue weighted by molar-refractivity contribution is -0.137. The van der Waals surface area contributed by atoms with E-state index in [4.69, 9.17) is 9.84 Å². The average molecular weight is 462 g/mol. The second-order valence-corrected chi connectivity index (χ2v) is 6.50. The van der Waals surface area contributed by atoms with Crippen LogP contribution >= 0.6 is 31.9 Å². The second-order valence-electron chi connectivity index (χ2n) is 4.73. The van der Waals surface area contributed by atoms with Gasteiger partial charge in [-0.2, -0.15) is 0 Å². The molecule has 2 rings (SSSR count). The van der Waals surface area contributed by atoms with Gasteiger partial charge in [-0.25, -0.2) is 4.79 Å². The Labute approximate surface area is 154 Å². The Balaban J connectivity index is 2.36. The number of esters is 1. The molecule has 1 aliphatic heterocycles. The van der Waals surface area contributed by atoms with Crippen LogP contribution in [-0.2, 0) is 14.3 Å². The number of nitrogens with zero attached hydrogens (tertiary/aromatic N) is 1. The summed E-state index contributed by atoms with van der Waals surface area (Å²) in [6.07, 6.45) is 1.13. The second kappa shape index (κ2) is 7.91. The lowest BCUT2D eigenvalue weighted by Gasteiger charge is -2.16. The summed E-state index contributed by atoms with van der Waals surface area (Å²) in [7, 11) is 0. The molecule has 0 radical (unpaired) electrons. The van der Waals surface area contributed by atoms with Gasteiger partial charge in [0.05, 0.1) is 31.0 Å². The number of rotatable bonds is 6. The monoisotopic (exact) mass is 460 g/mol. The lowest BCUT2D eigenvalue weighted by Crippen LogP contribution is -2.34. The van der Waals surface area contributed by atoms with Gasteiger partial charge < -0.3 is 15.2 Å². The van der Waals surface area contributed by atoms with Crippen molar-refractivity contribution in [3.8, 4) is 0 Å². The summed E-state index contributed by atoms with van der Waals surface area (Å²) in [4.78, 5) is 37.1. The Bertz CT molecular complexity index is 733. The molecule has 0 spiro atoms. The number of aliphatic hydroxyl groups excluding tert-OH is 1. The highest BCUT2D eigenvalue weighted by Gasteiger charge is 2.31. The number of β-amino-alcohol motifs (C(OH)–C–C–N with tert-alkyl or cyclic N) is 1. The highest BCUT2D eigenvalue weighted by atomic mass is 79.9. The Morgan fingerprint density at radius 2 is 2.04 bits per heavy atom. The van der Waals surface area contributed by atoms with Crippen molar-refractivity contribution in [1.82, 2.24) is 4.90 Å². The molecule has 0 unspecified atom stereocenters. The fourth-order valence-corrected chi connectivity index (χ4v) is 3.44. The molecule has 1 aromatic rings. The van der Waals surface area contributed by atoms with E-state index in [-0.39, 0.29) is 31.0 Å². The third-order valence-corrected chi connectivity index (χ3v) is 4.23. The predicted molar refractivity (Wildman–Crippen MR) is 93.3 cm³/mol. The summed E-state index contributed by atoms with van der Waals surface area (Å²) in [5, 5.41) is 11.7. The molecule has 7 nitrogen and oxygen atoms in total. The molecule has 0 aliphatic carbocycles. The van der Waals surface area contributed by atoms with Gasteiger partial charge in [-0.15, -0.1) is 0 Å². The fourth-order valence-electron chi connectivity index (χ4n) is 2.12. The van der Waals surface area contributed by atoms with Crippen molar-refractivity contribution < 1.29 is 24.2 Å². The van der Waals surface area contributed by atoms with Crippen molar-refractivity contribution in [2.24, 2.45) is 0 Å². The van der Waals surface area contributed by atoms with Crippen molar-refractivity contribution in [3.63, 3.8) is 0 Å². The summed E-state index contributed by atoms with van der Waals surface area (Å²) < 4.78 is 6.18. The van der Waals surface area contributed by atoms with E-state index in [2.05, 4.69) is 37.2 Å². The van der Waals surface area contributed by atoms with E-state index in [0.29, 0.717) is 14.6 Å². The third-order valence-electron chi connectivity index (χ3n) is 3.14. The van der Waals surface area contributed by atoms with Crippen LogP contribution in [0.4, 0.5) is 5.69 Å². The van der Waals surface area contributed by atoms with Crippen LogP contribution in [0.2, 0.25) is 0 Å². The number of benzene rings is 1. The zero-order valence-electron chi connectivity index (χ0n) is 12.6. The molecule has 0 aromatic heterocycles. The maximum Gasteiger partial charge on any atom is 0.340 e. The number of amides is 2. The molecule has 1 aromatic carbocycles. The smallest absolute Gasteiger partial charge is 0.340 e. The molecule has 24 heavy (non-hydrogen) atoms. The third kappa shape index (κ3) is 3.85. The maximum atomic E-state index is 12.2. The van der Waals surface area contributed by atoms with E-state index in [1.165, 1.54) is 0 Å². The first-order valence-corrected chi connectivity index (χ1v) is 8.59. The van der Waals surface area contributed by atoms with Crippen LogP contribution in [-0.4, -0.2) is 47.5 Å². The number of carbonyl (C=O) groups is 3. The minimum Gasteiger partial charge on any atom is -0.462 e. The van der Waals surface area contributed by atoms with E-state index in [9.17, 15) is 14.4 Å². The number of aliphatic hydroxyl groups is 1. The first-order valence-electron chi connectivity index (χ1n) is 7.00. The Morgan fingerprint density at radius 3 is 2.67 bits per heavy atom. The van der Waals surface area contributed by atoms with Gasteiger partial charge in [0.15, 0.2) is 0 Å². The predicted octanol–water partition coefficient (Wildman–Crippen LogP) is 2.05. The van der Waals surface area contributed by atoms with Gasteiger partial charge in [-0.05, 0) is 35.0 Å². The summed E-state index contributed by atoms with van der Waals surface area (Å²) in [5.41, 5.74) is 0.539. The van der Waals surface area contributed by atoms with E-state index >= 15 is 0 Å². The number of nitrogens with one attached hydrogen (secondary N) is 1. The summed E-state index contributed by atoms with van der Waals surface area (Å²) >= 11 is 6.62. The van der Waals surface area contributed by atoms with Crippen LogP contribution < -0.4 is 5.32 Å². The molecule has 1 aliphatic rings. The van der Waals surface area contributed by atoms with E-state index < -0.39 is 17.8 Å². The van der Waals surface area contributed by atoms with Crippen LogP contribution in [0.25, 0.3) is 0 Å². The Hall–Kier alpha value is -1.71. The zero-order valence-corrected chi connectivity index (χ0v) is 15.8. The highest BCUT2D eigenvalue weighted by Crippen LogP contribution is 2.33. The highest BCUT2D eigenvalue weighted by molar-refractivity contribution is 9.11. The van der Waals surface area contributed by atoms with Crippen molar-refractivity contribution in [2.75, 3.05) is 25.1 Å². The van der Waals surface area contributed by atoms with Gasteiger partial charge in [0.1, 0.15) is 5.70 Å². The Kier molecular flexibility index (Phi) is 6.14. The number of halogens is 2. The molecule has 0 bridgehead atoms. The minimum absolute atomic E-state index is 0.0158. The molecule has 0 saturated carbocycles. The molecule has 0 saturated heterocycles. The van der Waals surface area contributed by atoms with Gasteiger partial charge in [0, 0.05) is 15.0 Å². The number of anilines is 1. The quantitative estimate of drug-likeness (QED) is 0.497. The van der Waals surface area contributed by atoms with Crippen molar-refractivity contribution in [1.29, 1.82) is 0 Å². The normalized spacial score (nSPS) is 14.0. The molecule has 0 atom stereocenters. The summed E-state index contributed by atoms with van der Waals surface area (Å²) in [6, 6.07) is 3.25. The first kappa shape index (κ1) is 18.6. The standard InChI is InChI=1S/C15H14Br2N2O5/c1-2-24-15(23)9-5-8(16)6-10(17)13(9)18-11-7-12(21)19(3-4-20)14(11)22/h5-7,18,20H,2-4H2,1H3.